The van der Waals surface area contributed by atoms with Gasteiger partial charge >= 0.3 is 0 Å². The zero-order valence-corrected chi connectivity index (χ0v) is 14.0. The molecule has 1 aromatic carbocycles. The van der Waals surface area contributed by atoms with E-state index in [9.17, 15) is 18.4 Å². The van der Waals surface area contributed by atoms with Crippen molar-refractivity contribution in [1.29, 1.82) is 0 Å². The number of benzene rings is 1. The molecule has 25 heavy (non-hydrogen) atoms. The average molecular weight is 350 g/mol. The third kappa shape index (κ3) is 5.41. The second kappa shape index (κ2) is 8.41. The standard InChI is InChI=1S/C18H20F2N2O3/c1-11(2)8-16(18(24)21-10-13-4-3-7-25-13)22-17(23)12-5-6-14(19)15(20)9-12/h3-7,9,11,16H,8,10H2,1-2H3,(H,21,24)(H,22,23)/t16-/m0/s1. The number of nitrogens with one attached hydrogen (secondary N) is 2. The molecule has 0 fully saturated rings. The van der Waals surface area contributed by atoms with Gasteiger partial charge in [-0.3, -0.25) is 9.59 Å². The molecule has 2 amide bonds. The number of amides is 2. The van der Waals surface area contributed by atoms with Crippen molar-refractivity contribution < 1.29 is 22.8 Å². The summed E-state index contributed by atoms with van der Waals surface area (Å²) in [5, 5.41) is 5.26. The maximum Gasteiger partial charge on any atom is 0.252 e. The van der Waals surface area contributed by atoms with Gasteiger partial charge in [-0.15, -0.1) is 0 Å². The molecule has 0 radical (unpaired) electrons. The maximum atomic E-state index is 13.3. The van der Waals surface area contributed by atoms with Gasteiger partial charge in [0.1, 0.15) is 11.8 Å². The molecule has 0 bridgehead atoms. The van der Waals surface area contributed by atoms with Crippen LogP contribution in [0.3, 0.4) is 0 Å². The largest absolute Gasteiger partial charge is 0.467 e. The molecule has 1 atom stereocenters. The van der Waals surface area contributed by atoms with Crippen LogP contribution in [-0.4, -0.2) is 17.9 Å². The molecule has 1 aromatic heterocycles. The van der Waals surface area contributed by atoms with E-state index in [0.717, 1.165) is 12.1 Å². The summed E-state index contributed by atoms with van der Waals surface area (Å²) in [5.41, 5.74) is -0.0495. The van der Waals surface area contributed by atoms with Gasteiger partial charge in [0.05, 0.1) is 12.8 Å². The van der Waals surface area contributed by atoms with E-state index in [1.807, 2.05) is 13.8 Å². The monoisotopic (exact) mass is 350 g/mol. The quantitative estimate of drug-likeness (QED) is 0.806. The fourth-order valence-electron chi connectivity index (χ4n) is 2.29. The summed E-state index contributed by atoms with van der Waals surface area (Å²) < 4.78 is 31.4. The highest BCUT2D eigenvalue weighted by Gasteiger charge is 2.23. The van der Waals surface area contributed by atoms with E-state index < -0.39 is 23.6 Å². The first-order valence-corrected chi connectivity index (χ1v) is 7.93. The first-order chi connectivity index (χ1) is 11.9. The Labute approximate surface area is 144 Å². The second-order valence-electron chi connectivity index (χ2n) is 6.08. The van der Waals surface area contributed by atoms with Crippen molar-refractivity contribution >= 4 is 11.8 Å². The number of halogens is 2. The Morgan fingerprint density at radius 2 is 1.92 bits per heavy atom. The minimum absolute atomic E-state index is 0.0495. The minimum atomic E-state index is -1.12. The van der Waals surface area contributed by atoms with Crippen LogP contribution < -0.4 is 10.6 Å². The summed E-state index contributed by atoms with van der Waals surface area (Å²) in [7, 11) is 0. The van der Waals surface area contributed by atoms with Gasteiger partial charge in [-0.25, -0.2) is 8.78 Å². The normalized spacial score (nSPS) is 12.0. The molecular weight excluding hydrogens is 330 g/mol. The Morgan fingerprint density at radius 1 is 1.16 bits per heavy atom. The summed E-state index contributed by atoms with van der Waals surface area (Å²) in [5.74, 6) is -2.44. The van der Waals surface area contributed by atoms with Crippen LogP contribution in [0.2, 0.25) is 0 Å². The molecule has 2 N–H and O–H groups in total. The van der Waals surface area contributed by atoms with Gasteiger partial charge < -0.3 is 15.1 Å². The number of carbonyl (C=O) groups is 2. The average Bonchev–Trinajstić information content (AvgIpc) is 3.07. The van der Waals surface area contributed by atoms with Crippen LogP contribution in [0.4, 0.5) is 8.78 Å². The molecule has 0 aliphatic carbocycles. The summed E-state index contributed by atoms with van der Waals surface area (Å²) in [6.07, 6.45) is 1.90. The summed E-state index contributed by atoms with van der Waals surface area (Å²) >= 11 is 0. The van der Waals surface area contributed by atoms with E-state index >= 15 is 0 Å². The molecule has 5 nitrogen and oxygen atoms in total. The van der Waals surface area contributed by atoms with E-state index in [1.165, 1.54) is 12.3 Å². The Morgan fingerprint density at radius 3 is 2.52 bits per heavy atom. The highest BCUT2D eigenvalue weighted by Crippen LogP contribution is 2.11. The molecule has 0 saturated carbocycles. The molecule has 2 rings (SSSR count). The first kappa shape index (κ1) is 18.6. The smallest absolute Gasteiger partial charge is 0.252 e. The van der Waals surface area contributed by atoms with E-state index in [0.29, 0.717) is 12.2 Å². The van der Waals surface area contributed by atoms with Crippen LogP contribution >= 0.6 is 0 Å². The number of furan rings is 1. The Bertz CT molecular complexity index is 730. The molecule has 0 aliphatic heterocycles. The number of hydrogen-bond donors (Lipinski definition) is 2. The van der Waals surface area contributed by atoms with E-state index in [-0.39, 0.29) is 23.9 Å². The van der Waals surface area contributed by atoms with Gasteiger partial charge in [0.15, 0.2) is 11.6 Å². The van der Waals surface area contributed by atoms with Gasteiger partial charge in [0, 0.05) is 5.56 Å². The molecular formula is C18H20F2N2O3. The lowest BCUT2D eigenvalue weighted by Gasteiger charge is -2.20. The summed E-state index contributed by atoms with van der Waals surface area (Å²) in [6.45, 7) is 4.02. The Kier molecular flexibility index (Phi) is 6.27. The Balaban J connectivity index is 2.03. The molecule has 0 aliphatic rings. The molecule has 2 aromatic rings. The lowest BCUT2D eigenvalue weighted by Crippen LogP contribution is -2.47. The lowest BCUT2D eigenvalue weighted by atomic mass is 10.0. The van der Waals surface area contributed by atoms with Crippen LogP contribution in [0.5, 0.6) is 0 Å². The van der Waals surface area contributed by atoms with Crippen molar-refractivity contribution in [3.05, 3.63) is 59.6 Å². The van der Waals surface area contributed by atoms with Gasteiger partial charge in [-0.1, -0.05) is 13.8 Å². The topological polar surface area (TPSA) is 71.3 Å². The van der Waals surface area contributed by atoms with Crippen LogP contribution in [-0.2, 0) is 11.3 Å². The maximum absolute atomic E-state index is 13.3. The van der Waals surface area contributed by atoms with Gasteiger partial charge in [0.2, 0.25) is 5.91 Å². The zero-order chi connectivity index (χ0) is 18.4. The fraction of sp³-hybridized carbons (Fsp3) is 0.333. The lowest BCUT2D eigenvalue weighted by molar-refractivity contribution is -0.123. The van der Waals surface area contributed by atoms with Gasteiger partial charge in [0.25, 0.3) is 5.91 Å². The molecule has 1 heterocycles. The number of rotatable bonds is 7. The second-order valence-corrected chi connectivity index (χ2v) is 6.08. The number of hydrogen-bond acceptors (Lipinski definition) is 3. The predicted octanol–water partition coefficient (Wildman–Crippen LogP) is 3.02. The zero-order valence-electron chi connectivity index (χ0n) is 14.0. The van der Waals surface area contributed by atoms with Crippen molar-refractivity contribution in [3.8, 4) is 0 Å². The SMILES string of the molecule is CC(C)C[C@H](NC(=O)c1ccc(F)c(F)c1)C(=O)NCc1ccco1. The molecule has 134 valence electrons. The van der Waals surface area contributed by atoms with Crippen molar-refractivity contribution in [3.63, 3.8) is 0 Å². The van der Waals surface area contributed by atoms with Gasteiger partial charge in [-0.2, -0.15) is 0 Å². The Hall–Kier alpha value is -2.70. The van der Waals surface area contributed by atoms with Crippen LogP contribution in [0.1, 0.15) is 36.4 Å². The third-order valence-corrected chi connectivity index (χ3v) is 3.53. The minimum Gasteiger partial charge on any atom is -0.467 e. The highest BCUT2D eigenvalue weighted by molar-refractivity contribution is 5.97. The first-order valence-electron chi connectivity index (χ1n) is 7.93. The fourth-order valence-corrected chi connectivity index (χ4v) is 2.29. The van der Waals surface area contributed by atoms with Crippen molar-refractivity contribution in [2.24, 2.45) is 5.92 Å². The highest BCUT2D eigenvalue weighted by atomic mass is 19.2. The van der Waals surface area contributed by atoms with E-state index in [4.69, 9.17) is 4.42 Å². The van der Waals surface area contributed by atoms with Crippen molar-refractivity contribution in [2.75, 3.05) is 0 Å². The molecule has 0 unspecified atom stereocenters. The van der Waals surface area contributed by atoms with Crippen LogP contribution in [0.25, 0.3) is 0 Å². The van der Waals surface area contributed by atoms with Crippen molar-refractivity contribution in [1.82, 2.24) is 10.6 Å². The third-order valence-electron chi connectivity index (χ3n) is 3.53. The number of carbonyl (C=O) groups excluding carboxylic acids is 2. The van der Waals surface area contributed by atoms with Crippen LogP contribution in [0.15, 0.2) is 41.0 Å². The molecule has 7 heteroatoms. The van der Waals surface area contributed by atoms with Gasteiger partial charge in [-0.05, 0) is 42.7 Å². The molecule has 0 spiro atoms. The van der Waals surface area contributed by atoms with E-state index in [1.54, 1.807) is 12.1 Å². The van der Waals surface area contributed by atoms with Crippen molar-refractivity contribution in [2.45, 2.75) is 32.9 Å². The van der Waals surface area contributed by atoms with E-state index in [2.05, 4.69) is 10.6 Å². The predicted molar refractivity (Wildman–Crippen MR) is 87.6 cm³/mol. The summed E-state index contributed by atoms with van der Waals surface area (Å²) in [4.78, 5) is 24.6. The van der Waals surface area contributed by atoms with Crippen LogP contribution in [0, 0.1) is 17.6 Å². The molecule has 0 saturated heterocycles. The summed E-state index contributed by atoms with van der Waals surface area (Å²) in [6, 6.07) is 5.48.